The lowest BCUT2D eigenvalue weighted by atomic mass is 10.1. The van der Waals surface area contributed by atoms with E-state index in [1.54, 1.807) is 0 Å². The molecule has 0 aliphatic carbocycles. The Balaban J connectivity index is 2.10. The predicted octanol–water partition coefficient (Wildman–Crippen LogP) is 0.131. The zero-order valence-electron chi connectivity index (χ0n) is 9.41. The second kappa shape index (κ2) is 5.20. The molecule has 1 aliphatic heterocycles. The van der Waals surface area contributed by atoms with Crippen molar-refractivity contribution in [2.24, 2.45) is 0 Å². The maximum atomic E-state index is 11.0. The lowest BCUT2D eigenvalue weighted by molar-refractivity contribution is 0.0642. The minimum Gasteiger partial charge on any atom is -0.478 e. The third-order valence-electron chi connectivity index (χ3n) is 2.88. The summed E-state index contributed by atoms with van der Waals surface area (Å²) in [5, 5.41) is 18.5. The van der Waals surface area contributed by atoms with Crippen molar-refractivity contribution in [2.75, 3.05) is 13.1 Å². The van der Waals surface area contributed by atoms with Crippen LogP contribution in [0, 0.1) is 0 Å². The molecular formula is C11H15N3O3. The molecule has 2 rings (SSSR count). The minimum absolute atomic E-state index is 0.132. The minimum atomic E-state index is -1.02. The molecule has 0 bridgehead atoms. The van der Waals surface area contributed by atoms with Gasteiger partial charge < -0.3 is 10.2 Å². The summed E-state index contributed by atoms with van der Waals surface area (Å²) in [7, 11) is 0. The number of carboxylic acids is 1. The van der Waals surface area contributed by atoms with E-state index < -0.39 is 5.97 Å². The van der Waals surface area contributed by atoms with Gasteiger partial charge in [0.05, 0.1) is 11.8 Å². The molecule has 0 aromatic carbocycles. The SMILES string of the molecule is O=C(O)c1cncnc1CN1CCCC(O)C1. The molecule has 2 N–H and O–H groups in total. The molecule has 1 aromatic rings. The van der Waals surface area contributed by atoms with Crippen molar-refractivity contribution in [3.05, 3.63) is 23.8 Å². The average Bonchev–Trinajstić information content (AvgIpc) is 2.29. The van der Waals surface area contributed by atoms with Crippen molar-refractivity contribution < 1.29 is 15.0 Å². The first kappa shape index (κ1) is 11.9. The van der Waals surface area contributed by atoms with E-state index in [2.05, 4.69) is 9.97 Å². The van der Waals surface area contributed by atoms with Gasteiger partial charge in [0.1, 0.15) is 11.9 Å². The molecule has 1 saturated heterocycles. The summed E-state index contributed by atoms with van der Waals surface area (Å²) in [6.45, 7) is 1.88. The molecule has 0 spiro atoms. The first-order valence-electron chi connectivity index (χ1n) is 5.59. The molecule has 6 nitrogen and oxygen atoms in total. The summed E-state index contributed by atoms with van der Waals surface area (Å²) in [4.78, 5) is 20.7. The quantitative estimate of drug-likeness (QED) is 0.777. The maximum Gasteiger partial charge on any atom is 0.339 e. The van der Waals surface area contributed by atoms with E-state index in [9.17, 15) is 9.90 Å². The van der Waals surface area contributed by atoms with Crippen LogP contribution in [0.1, 0.15) is 28.9 Å². The molecule has 6 heteroatoms. The number of piperidine rings is 1. The van der Waals surface area contributed by atoms with Gasteiger partial charge in [0.2, 0.25) is 0 Å². The first-order chi connectivity index (χ1) is 8.16. The highest BCUT2D eigenvalue weighted by molar-refractivity contribution is 5.88. The molecular weight excluding hydrogens is 222 g/mol. The van der Waals surface area contributed by atoms with E-state index in [1.807, 2.05) is 4.90 Å². The fourth-order valence-electron chi connectivity index (χ4n) is 2.05. The first-order valence-corrected chi connectivity index (χ1v) is 5.59. The Bertz CT molecular complexity index is 411. The highest BCUT2D eigenvalue weighted by atomic mass is 16.4. The summed E-state index contributed by atoms with van der Waals surface area (Å²) in [6.07, 6.45) is 4.08. The summed E-state index contributed by atoms with van der Waals surface area (Å²) >= 11 is 0. The van der Waals surface area contributed by atoms with Crippen LogP contribution in [0.25, 0.3) is 0 Å². The average molecular weight is 237 g/mol. The standard InChI is InChI=1S/C11H15N3O3/c15-8-2-1-3-14(5-8)6-10-9(11(16)17)4-12-7-13-10/h4,7-8,15H,1-3,5-6H2,(H,16,17). The van der Waals surface area contributed by atoms with Crippen molar-refractivity contribution >= 4 is 5.97 Å². The Morgan fingerprint density at radius 2 is 2.41 bits per heavy atom. The van der Waals surface area contributed by atoms with Gasteiger partial charge >= 0.3 is 5.97 Å². The number of nitrogens with zero attached hydrogens (tertiary/aromatic N) is 3. The molecule has 17 heavy (non-hydrogen) atoms. The van der Waals surface area contributed by atoms with Crippen LogP contribution in [0.4, 0.5) is 0 Å². The molecule has 1 aliphatic rings. The fourth-order valence-corrected chi connectivity index (χ4v) is 2.05. The third kappa shape index (κ3) is 2.98. The van der Waals surface area contributed by atoms with Gasteiger partial charge in [0.15, 0.2) is 0 Å². The number of aromatic carboxylic acids is 1. The number of likely N-dealkylation sites (tertiary alicyclic amines) is 1. The monoisotopic (exact) mass is 237 g/mol. The number of carbonyl (C=O) groups is 1. The molecule has 1 fully saturated rings. The normalized spacial score (nSPS) is 21.4. The van der Waals surface area contributed by atoms with Gasteiger partial charge in [-0.3, -0.25) is 4.90 Å². The number of hydrogen-bond acceptors (Lipinski definition) is 5. The van der Waals surface area contributed by atoms with Crippen LogP contribution in [-0.4, -0.2) is 50.2 Å². The molecule has 1 atom stereocenters. The Hall–Kier alpha value is -1.53. The van der Waals surface area contributed by atoms with Gasteiger partial charge in [0.25, 0.3) is 0 Å². The molecule has 1 aromatic heterocycles. The van der Waals surface area contributed by atoms with Crippen LogP contribution < -0.4 is 0 Å². The summed E-state index contributed by atoms with van der Waals surface area (Å²) in [5.74, 6) is -1.02. The lowest BCUT2D eigenvalue weighted by Crippen LogP contribution is -2.38. The number of rotatable bonds is 3. The second-order valence-corrected chi connectivity index (χ2v) is 4.22. The lowest BCUT2D eigenvalue weighted by Gasteiger charge is -2.29. The van der Waals surface area contributed by atoms with Crippen molar-refractivity contribution in [3.63, 3.8) is 0 Å². The van der Waals surface area contributed by atoms with Gasteiger partial charge in [-0.1, -0.05) is 0 Å². The molecule has 0 radical (unpaired) electrons. The number of aliphatic hydroxyl groups is 1. The van der Waals surface area contributed by atoms with Gasteiger partial charge in [-0.2, -0.15) is 0 Å². The van der Waals surface area contributed by atoms with E-state index in [1.165, 1.54) is 12.5 Å². The molecule has 1 unspecified atom stereocenters. The van der Waals surface area contributed by atoms with E-state index >= 15 is 0 Å². The zero-order chi connectivity index (χ0) is 12.3. The van der Waals surface area contributed by atoms with Crippen LogP contribution >= 0.6 is 0 Å². The Kier molecular flexibility index (Phi) is 3.65. The van der Waals surface area contributed by atoms with Gasteiger partial charge in [-0.25, -0.2) is 14.8 Å². The molecule has 2 heterocycles. The van der Waals surface area contributed by atoms with Gasteiger partial charge in [0, 0.05) is 19.3 Å². The predicted molar refractivity (Wildman–Crippen MR) is 59.5 cm³/mol. The maximum absolute atomic E-state index is 11.0. The molecule has 0 amide bonds. The Morgan fingerprint density at radius 3 is 3.12 bits per heavy atom. The van der Waals surface area contributed by atoms with Crippen LogP contribution in [0.2, 0.25) is 0 Å². The fraction of sp³-hybridized carbons (Fsp3) is 0.545. The summed E-state index contributed by atoms with van der Waals surface area (Å²) in [6, 6.07) is 0. The summed E-state index contributed by atoms with van der Waals surface area (Å²) < 4.78 is 0. The number of aliphatic hydroxyl groups excluding tert-OH is 1. The van der Waals surface area contributed by atoms with Crippen molar-refractivity contribution in [3.8, 4) is 0 Å². The number of hydrogen-bond donors (Lipinski definition) is 2. The summed E-state index contributed by atoms with van der Waals surface area (Å²) in [5.41, 5.74) is 0.633. The van der Waals surface area contributed by atoms with Crippen LogP contribution in [-0.2, 0) is 6.54 Å². The zero-order valence-corrected chi connectivity index (χ0v) is 9.41. The topological polar surface area (TPSA) is 86.5 Å². The molecule has 92 valence electrons. The van der Waals surface area contributed by atoms with Crippen molar-refractivity contribution in [1.29, 1.82) is 0 Å². The Morgan fingerprint density at radius 1 is 1.59 bits per heavy atom. The number of aromatic nitrogens is 2. The van der Waals surface area contributed by atoms with Gasteiger partial charge in [-0.15, -0.1) is 0 Å². The van der Waals surface area contributed by atoms with Gasteiger partial charge in [-0.05, 0) is 19.4 Å². The highest BCUT2D eigenvalue weighted by Gasteiger charge is 2.20. The number of carboxylic acid groups (broad SMARTS) is 1. The van der Waals surface area contributed by atoms with Crippen LogP contribution in [0.3, 0.4) is 0 Å². The van der Waals surface area contributed by atoms with Crippen LogP contribution in [0.5, 0.6) is 0 Å². The van der Waals surface area contributed by atoms with E-state index in [4.69, 9.17) is 5.11 Å². The van der Waals surface area contributed by atoms with Crippen molar-refractivity contribution in [2.45, 2.75) is 25.5 Å². The Labute approximate surface area is 98.9 Å². The van der Waals surface area contributed by atoms with Crippen molar-refractivity contribution in [1.82, 2.24) is 14.9 Å². The largest absolute Gasteiger partial charge is 0.478 e. The third-order valence-corrected chi connectivity index (χ3v) is 2.88. The van der Waals surface area contributed by atoms with E-state index in [0.29, 0.717) is 18.8 Å². The van der Waals surface area contributed by atoms with E-state index in [0.717, 1.165) is 19.4 Å². The van der Waals surface area contributed by atoms with Crippen LogP contribution in [0.15, 0.2) is 12.5 Å². The molecule has 0 saturated carbocycles. The smallest absolute Gasteiger partial charge is 0.339 e. The second-order valence-electron chi connectivity index (χ2n) is 4.22. The van der Waals surface area contributed by atoms with E-state index in [-0.39, 0.29) is 11.7 Å². The highest BCUT2D eigenvalue weighted by Crippen LogP contribution is 2.14. The number of β-amino-alcohol motifs (C(OH)–C–C–N with tert-alkyl or cyclic N) is 1.